The van der Waals surface area contributed by atoms with E-state index in [9.17, 15) is 15.3 Å². The molecule has 1 amide bonds. The zero-order valence-corrected chi connectivity index (χ0v) is 20.4. The van der Waals surface area contributed by atoms with Crippen LogP contribution in [0.4, 0.5) is 5.00 Å². The Morgan fingerprint density at radius 3 is 2.65 bits per heavy atom. The third-order valence-corrected chi connectivity index (χ3v) is 7.99. The van der Waals surface area contributed by atoms with Crippen molar-refractivity contribution in [2.24, 2.45) is 11.3 Å². The Labute approximate surface area is 192 Å². The van der Waals surface area contributed by atoms with Crippen LogP contribution in [-0.2, 0) is 17.6 Å². The first-order valence-corrected chi connectivity index (χ1v) is 12.3. The van der Waals surface area contributed by atoms with Gasteiger partial charge in [-0.1, -0.05) is 20.8 Å². The quantitative estimate of drug-likeness (QED) is 0.581. The van der Waals surface area contributed by atoms with Gasteiger partial charge in [-0.25, -0.2) is 4.98 Å². The summed E-state index contributed by atoms with van der Waals surface area (Å²) in [5.74, 6) is 0.998. The molecule has 1 atom stereocenters. The fourth-order valence-corrected chi connectivity index (χ4v) is 6.34. The first kappa shape index (κ1) is 23.3. The van der Waals surface area contributed by atoms with Crippen LogP contribution in [0, 0.1) is 47.8 Å². The van der Waals surface area contributed by atoms with Crippen molar-refractivity contribution in [2.45, 2.75) is 65.3 Å². The highest BCUT2D eigenvalue weighted by molar-refractivity contribution is 7.99. The van der Waals surface area contributed by atoms with Crippen LogP contribution in [0.25, 0.3) is 0 Å². The van der Waals surface area contributed by atoms with Gasteiger partial charge in [0.15, 0.2) is 0 Å². The van der Waals surface area contributed by atoms with E-state index in [1.54, 1.807) is 11.3 Å². The molecule has 5 nitrogen and oxygen atoms in total. The van der Waals surface area contributed by atoms with Gasteiger partial charge in [0.25, 0.3) is 0 Å². The van der Waals surface area contributed by atoms with E-state index in [1.807, 2.05) is 19.9 Å². The van der Waals surface area contributed by atoms with E-state index in [0.29, 0.717) is 39.2 Å². The molecule has 7 heteroatoms. The first-order chi connectivity index (χ1) is 14.6. The van der Waals surface area contributed by atoms with Crippen LogP contribution in [0.5, 0.6) is 0 Å². The number of hydrogen-bond acceptors (Lipinski definition) is 6. The van der Waals surface area contributed by atoms with Gasteiger partial charge >= 0.3 is 0 Å². The Morgan fingerprint density at radius 2 is 2.00 bits per heavy atom. The highest BCUT2D eigenvalue weighted by Gasteiger charge is 2.32. The maximum atomic E-state index is 12.6. The summed E-state index contributed by atoms with van der Waals surface area (Å²) < 4.78 is 0. The number of anilines is 1. The average molecular weight is 453 g/mol. The zero-order chi connectivity index (χ0) is 22.8. The van der Waals surface area contributed by atoms with Gasteiger partial charge in [-0.05, 0) is 61.6 Å². The lowest BCUT2D eigenvalue weighted by atomic mass is 9.72. The molecule has 31 heavy (non-hydrogen) atoms. The second-order valence-electron chi connectivity index (χ2n) is 9.14. The van der Waals surface area contributed by atoms with Gasteiger partial charge in [0.05, 0.1) is 11.1 Å². The van der Waals surface area contributed by atoms with Crippen LogP contribution in [-0.4, -0.2) is 16.6 Å². The Hall–Kier alpha value is -2.35. The maximum Gasteiger partial charge on any atom is 0.225 e. The van der Waals surface area contributed by atoms with E-state index in [0.717, 1.165) is 36.1 Å². The van der Waals surface area contributed by atoms with E-state index < -0.39 is 0 Å². The SMILES string of the molecule is Cc1cc(C)c(C#N)c(SCCC(=O)Nc2sc3c(c2C#N)CCC(C(C)(C)C)C3)n1. The van der Waals surface area contributed by atoms with Crippen LogP contribution in [0.15, 0.2) is 11.1 Å². The molecular formula is C24H28N4OS2. The van der Waals surface area contributed by atoms with Crippen molar-refractivity contribution in [3.8, 4) is 12.1 Å². The van der Waals surface area contributed by atoms with Crippen molar-refractivity contribution in [1.82, 2.24) is 4.98 Å². The second kappa shape index (κ2) is 9.42. The topological polar surface area (TPSA) is 89.6 Å². The molecule has 0 saturated heterocycles. The fourth-order valence-electron chi connectivity index (χ4n) is 4.00. The minimum Gasteiger partial charge on any atom is -0.317 e. The van der Waals surface area contributed by atoms with Gasteiger partial charge in [-0.15, -0.1) is 23.1 Å². The summed E-state index contributed by atoms with van der Waals surface area (Å²) in [6.45, 7) is 10.6. The third kappa shape index (κ3) is 5.29. The second-order valence-corrected chi connectivity index (χ2v) is 11.3. The fraction of sp³-hybridized carbons (Fsp3) is 0.500. The molecule has 3 rings (SSSR count). The molecule has 0 aliphatic heterocycles. The molecule has 0 saturated carbocycles. The molecule has 0 bridgehead atoms. The van der Waals surface area contributed by atoms with Crippen molar-refractivity contribution in [3.63, 3.8) is 0 Å². The van der Waals surface area contributed by atoms with Crippen LogP contribution < -0.4 is 5.32 Å². The number of thioether (sulfide) groups is 1. The Balaban J connectivity index is 1.65. The molecule has 1 aliphatic carbocycles. The predicted molar refractivity (Wildman–Crippen MR) is 126 cm³/mol. The normalized spacial score (nSPS) is 15.6. The molecule has 1 unspecified atom stereocenters. The molecule has 1 N–H and O–H groups in total. The number of amides is 1. The van der Waals surface area contributed by atoms with E-state index in [-0.39, 0.29) is 11.3 Å². The first-order valence-electron chi connectivity index (χ1n) is 10.5. The van der Waals surface area contributed by atoms with Crippen molar-refractivity contribution in [3.05, 3.63) is 38.9 Å². The maximum absolute atomic E-state index is 12.6. The number of aryl methyl sites for hydroxylation is 2. The monoisotopic (exact) mass is 452 g/mol. The van der Waals surface area contributed by atoms with Gasteiger partial charge in [0.2, 0.25) is 5.91 Å². The molecule has 0 fully saturated rings. The number of carbonyl (C=O) groups excluding carboxylic acids is 1. The Morgan fingerprint density at radius 1 is 1.29 bits per heavy atom. The number of aromatic nitrogens is 1. The summed E-state index contributed by atoms with van der Waals surface area (Å²) >= 11 is 2.98. The summed E-state index contributed by atoms with van der Waals surface area (Å²) in [5.41, 5.74) is 4.33. The summed E-state index contributed by atoms with van der Waals surface area (Å²) in [6, 6.07) is 6.41. The Bertz CT molecular complexity index is 1080. The van der Waals surface area contributed by atoms with Crippen molar-refractivity contribution in [1.29, 1.82) is 10.5 Å². The molecule has 1 aliphatic rings. The summed E-state index contributed by atoms with van der Waals surface area (Å²) in [6.07, 6.45) is 3.25. The number of nitrogens with zero attached hydrogens (tertiary/aromatic N) is 3. The number of hydrogen-bond donors (Lipinski definition) is 1. The predicted octanol–water partition coefficient (Wildman–Crippen LogP) is 5.78. The van der Waals surface area contributed by atoms with Crippen LogP contribution in [0.1, 0.15) is 66.4 Å². The molecule has 2 aromatic heterocycles. The number of nitrogens with one attached hydrogen (secondary N) is 1. The summed E-state index contributed by atoms with van der Waals surface area (Å²) in [4.78, 5) is 18.3. The molecule has 0 radical (unpaired) electrons. The van der Waals surface area contributed by atoms with Crippen molar-refractivity contribution in [2.75, 3.05) is 11.1 Å². The van der Waals surface area contributed by atoms with Gasteiger partial charge in [-0.2, -0.15) is 10.5 Å². The number of rotatable bonds is 5. The molecule has 0 spiro atoms. The van der Waals surface area contributed by atoms with Gasteiger partial charge in [0.1, 0.15) is 22.2 Å². The minimum atomic E-state index is -0.113. The summed E-state index contributed by atoms with van der Waals surface area (Å²) in [7, 11) is 0. The lowest BCUT2D eigenvalue weighted by Crippen LogP contribution is -2.26. The lowest BCUT2D eigenvalue weighted by molar-refractivity contribution is -0.115. The lowest BCUT2D eigenvalue weighted by Gasteiger charge is -2.33. The largest absolute Gasteiger partial charge is 0.317 e. The smallest absolute Gasteiger partial charge is 0.225 e. The summed E-state index contributed by atoms with van der Waals surface area (Å²) in [5, 5.41) is 23.4. The highest BCUT2D eigenvalue weighted by Crippen LogP contribution is 2.44. The number of carbonyl (C=O) groups is 1. The van der Waals surface area contributed by atoms with E-state index in [1.165, 1.54) is 16.6 Å². The van der Waals surface area contributed by atoms with Crippen molar-refractivity contribution >= 4 is 34.0 Å². The highest BCUT2D eigenvalue weighted by atomic mass is 32.2. The number of pyridine rings is 1. The number of thiophene rings is 1. The van der Waals surface area contributed by atoms with E-state index >= 15 is 0 Å². The molecule has 2 heterocycles. The van der Waals surface area contributed by atoms with Crippen LogP contribution in [0.2, 0.25) is 0 Å². The minimum absolute atomic E-state index is 0.113. The molecule has 2 aromatic rings. The van der Waals surface area contributed by atoms with Crippen LogP contribution in [0.3, 0.4) is 0 Å². The van der Waals surface area contributed by atoms with E-state index in [4.69, 9.17) is 0 Å². The number of nitriles is 2. The third-order valence-electron chi connectivity index (χ3n) is 5.85. The van der Waals surface area contributed by atoms with Crippen LogP contribution >= 0.6 is 23.1 Å². The standard InChI is InChI=1S/C24H28N4OS2/c1-14-10-15(2)27-22(18(14)12-25)30-9-8-21(29)28-23-19(13-26)17-7-6-16(24(3,4)5)11-20(17)31-23/h10,16H,6-9,11H2,1-5H3,(H,28,29). The van der Waals surface area contributed by atoms with E-state index in [2.05, 4.69) is 43.2 Å². The van der Waals surface area contributed by atoms with Gasteiger partial charge in [0, 0.05) is 22.7 Å². The van der Waals surface area contributed by atoms with Gasteiger partial charge < -0.3 is 5.32 Å². The molecular weight excluding hydrogens is 424 g/mol. The van der Waals surface area contributed by atoms with Crippen molar-refractivity contribution < 1.29 is 4.79 Å². The Kier molecular flexibility index (Phi) is 7.09. The zero-order valence-electron chi connectivity index (χ0n) is 18.8. The molecule has 162 valence electrons. The molecule has 0 aromatic carbocycles. The average Bonchev–Trinajstić information content (AvgIpc) is 3.03. The number of fused-ring (bicyclic) bond motifs is 1. The van der Waals surface area contributed by atoms with Gasteiger partial charge in [-0.3, -0.25) is 4.79 Å².